The molecule has 2 aromatic carbocycles. The van der Waals surface area contributed by atoms with E-state index in [1.165, 1.54) is 17.2 Å². The smallest absolute Gasteiger partial charge is 0.243 e. The molecular weight excluding hydrogens is 422 g/mol. The van der Waals surface area contributed by atoms with Crippen LogP contribution < -0.4 is 10.1 Å². The van der Waals surface area contributed by atoms with Gasteiger partial charge in [0.2, 0.25) is 5.91 Å². The third kappa shape index (κ3) is 7.47. The minimum Gasteiger partial charge on any atom is -0.494 e. The Kier molecular flexibility index (Phi) is 10.2. The Morgan fingerprint density at radius 3 is 2.65 bits per heavy atom. The Hall–Kier alpha value is -3.08. The van der Waals surface area contributed by atoms with E-state index >= 15 is 0 Å². The first-order valence-corrected chi connectivity index (χ1v) is 12.7. The molecule has 1 heterocycles. The van der Waals surface area contributed by atoms with Crippen molar-refractivity contribution in [1.82, 2.24) is 14.9 Å². The van der Waals surface area contributed by atoms with Crippen molar-refractivity contribution >= 4 is 16.9 Å². The Morgan fingerprint density at radius 2 is 1.88 bits per heavy atom. The number of carbonyl (C=O) groups is 1. The highest BCUT2D eigenvalue weighted by Crippen LogP contribution is 2.22. The molecule has 0 saturated carbocycles. The SMILES string of the molecule is C=CC(=O)NCCCCCc1nc2ccccc2n1CCCCOc1ccc(C(C)CC)cc1. The number of benzene rings is 2. The molecule has 3 rings (SSSR count). The van der Waals surface area contributed by atoms with Crippen LogP contribution in [-0.2, 0) is 17.8 Å². The van der Waals surface area contributed by atoms with Crippen LogP contribution in [0.3, 0.4) is 0 Å². The summed E-state index contributed by atoms with van der Waals surface area (Å²) in [5.41, 5.74) is 3.64. The zero-order valence-electron chi connectivity index (χ0n) is 20.8. The van der Waals surface area contributed by atoms with Gasteiger partial charge in [-0.15, -0.1) is 0 Å². The first-order chi connectivity index (χ1) is 16.6. The monoisotopic (exact) mass is 461 g/mol. The van der Waals surface area contributed by atoms with E-state index in [4.69, 9.17) is 9.72 Å². The van der Waals surface area contributed by atoms with Gasteiger partial charge < -0.3 is 14.6 Å². The molecule has 1 amide bonds. The molecule has 0 saturated heterocycles. The fourth-order valence-electron chi connectivity index (χ4n) is 4.12. The number of nitrogens with zero attached hydrogens (tertiary/aromatic N) is 2. The molecule has 0 aliphatic carbocycles. The van der Waals surface area contributed by atoms with Gasteiger partial charge in [0.1, 0.15) is 11.6 Å². The highest BCUT2D eigenvalue weighted by Gasteiger charge is 2.10. The zero-order valence-corrected chi connectivity index (χ0v) is 20.8. The highest BCUT2D eigenvalue weighted by molar-refractivity contribution is 5.86. The zero-order chi connectivity index (χ0) is 24.2. The quantitative estimate of drug-likeness (QED) is 0.210. The van der Waals surface area contributed by atoms with Crippen LogP contribution in [-0.4, -0.2) is 28.6 Å². The molecule has 3 aromatic rings. The first kappa shape index (κ1) is 25.5. The normalized spacial score (nSPS) is 11.9. The lowest BCUT2D eigenvalue weighted by atomic mass is 9.99. The second kappa shape index (κ2) is 13.6. The number of nitrogens with one attached hydrogen (secondary N) is 1. The molecule has 5 heteroatoms. The second-order valence-electron chi connectivity index (χ2n) is 8.91. The van der Waals surface area contributed by atoms with Crippen molar-refractivity contribution in [2.24, 2.45) is 0 Å². The second-order valence-corrected chi connectivity index (χ2v) is 8.91. The minimum atomic E-state index is -0.103. The van der Waals surface area contributed by atoms with Crippen molar-refractivity contribution < 1.29 is 9.53 Å². The molecule has 0 radical (unpaired) electrons. The summed E-state index contributed by atoms with van der Waals surface area (Å²) in [5.74, 6) is 2.59. The van der Waals surface area contributed by atoms with Gasteiger partial charge in [-0.05, 0) is 73.9 Å². The van der Waals surface area contributed by atoms with E-state index in [0.29, 0.717) is 12.5 Å². The summed E-state index contributed by atoms with van der Waals surface area (Å²) in [6.45, 7) is 10.3. The fourth-order valence-corrected chi connectivity index (χ4v) is 4.12. The summed E-state index contributed by atoms with van der Waals surface area (Å²) < 4.78 is 8.35. The van der Waals surface area contributed by atoms with E-state index in [-0.39, 0.29) is 5.91 Å². The molecule has 1 N–H and O–H groups in total. The summed E-state index contributed by atoms with van der Waals surface area (Å²) >= 11 is 0. The molecule has 1 aromatic heterocycles. The van der Waals surface area contributed by atoms with Crippen molar-refractivity contribution in [3.63, 3.8) is 0 Å². The van der Waals surface area contributed by atoms with Gasteiger partial charge in [0.15, 0.2) is 0 Å². The number of para-hydroxylation sites is 2. The number of rotatable bonds is 15. The summed E-state index contributed by atoms with van der Waals surface area (Å²) in [5, 5.41) is 2.84. The largest absolute Gasteiger partial charge is 0.494 e. The maximum Gasteiger partial charge on any atom is 0.243 e. The third-order valence-electron chi connectivity index (χ3n) is 6.40. The van der Waals surface area contributed by atoms with Crippen LogP contribution >= 0.6 is 0 Å². The van der Waals surface area contributed by atoms with Gasteiger partial charge in [-0.1, -0.05) is 51.1 Å². The maximum absolute atomic E-state index is 11.2. The predicted molar refractivity (Wildman–Crippen MR) is 140 cm³/mol. The Labute approximate surface area is 204 Å². The molecular formula is C29H39N3O2. The summed E-state index contributed by atoms with van der Waals surface area (Å²) in [6, 6.07) is 16.9. The number of fused-ring (bicyclic) bond motifs is 1. The van der Waals surface area contributed by atoms with Crippen molar-refractivity contribution in [2.75, 3.05) is 13.2 Å². The average molecular weight is 462 g/mol. The predicted octanol–water partition coefficient (Wildman–Crippen LogP) is 6.42. The van der Waals surface area contributed by atoms with Gasteiger partial charge in [0, 0.05) is 19.5 Å². The van der Waals surface area contributed by atoms with Gasteiger partial charge in [0.05, 0.1) is 17.6 Å². The van der Waals surface area contributed by atoms with Crippen molar-refractivity contribution in [2.45, 2.75) is 71.3 Å². The van der Waals surface area contributed by atoms with E-state index in [2.05, 4.69) is 72.8 Å². The number of hydrogen-bond acceptors (Lipinski definition) is 3. The lowest BCUT2D eigenvalue weighted by Crippen LogP contribution is -2.21. The Morgan fingerprint density at radius 1 is 1.09 bits per heavy atom. The van der Waals surface area contributed by atoms with Crippen LogP contribution in [0.5, 0.6) is 5.75 Å². The van der Waals surface area contributed by atoms with Crippen LogP contribution in [0.2, 0.25) is 0 Å². The number of aryl methyl sites for hydroxylation is 2. The average Bonchev–Trinajstić information content (AvgIpc) is 3.22. The molecule has 34 heavy (non-hydrogen) atoms. The van der Waals surface area contributed by atoms with E-state index in [1.54, 1.807) is 0 Å². The van der Waals surface area contributed by atoms with E-state index in [0.717, 1.165) is 75.2 Å². The van der Waals surface area contributed by atoms with Gasteiger partial charge in [-0.3, -0.25) is 4.79 Å². The lowest BCUT2D eigenvalue weighted by molar-refractivity contribution is -0.116. The first-order valence-electron chi connectivity index (χ1n) is 12.7. The van der Waals surface area contributed by atoms with E-state index in [9.17, 15) is 4.79 Å². The summed E-state index contributed by atoms with van der Waals surface area (Å²) in [4.78, 5) is 16.1. The molecule has 1 atom stereocenters. The van der Waals surface area contributed by atoms with Crippen molar-refractivity contribution in [1.29, 1.82) is 0 Å². The molecule has 0 aliphatic heterocycles. The van der Waals surface area contributed by atoms with Crippen LogP contribution in [0.4, 0.5) is 0 Å². The Bertz CT molecular complexity index is 1040. The number of hydrogen-bond donors (Lipinski definition) is 1. The van der Waals surface area contributed by atoms with Crippen LogP contribution in [0.25, 0.3) is 11.0 Å². The minimum absolute atomic E-state index is 0.103. The molecule has 0 fully saturated rings. The number of aromatic nitrogens is 2. The molecule has 1 unspecified atom stereocenters. The number of carbonyl (C=O) groups excluding carboxylic acids is 1. The standard InChI is InChI=1S/C29H39N3O2/c1-4-23(3)24-16-18-25(19-17-24)34-22-12-11-21-32-27-14-9-8-13-26(27)31-28(32)15-7-6-10-20-30-29(33)5-2/h5,8-9,13-14,16-19,23H,2,4,6-7,10-12,15,20-22H2,1,3H3,(H,30,33). The van der Waals surface area contributed by atoms with Crippen molar-refractivity contribution in [3.05, 3.63) is 72.6 Å². The molecule has 0 aliphatic rings. The molecule has 0 spiro atoms. The molecule has 5 nitrogen and oxygen atoms in total. The summed E-state index contributed by atoms with van der Waals surface area (Å²) in [6.07, 6.45) is 8.55. The topological polar surface area (TPSA) is 56.2 Å². The van der Waals surface area contributed by atoms with Crippen LogP contribution in [0, 0.1) is 0 Å². The van der Waals surface area contributed by atoms with Crippen LogP contribution in [0.1, 0.15) is 69.7 Å². The highest BCUT2D eigenvalue weighted by atomic mass is 16.5. The summed E-state index contributed by atoms with van der Waals surface area (Å²) in [7, 11) is 0. The van der Waals surface area contributed by atoms with Gasteiger partial charge >= 0.3 is 0 Å². The van der Waals surface area contributed by atoms with Gasteiger partial charge in [-0.2, -0.15) is 0 Å². The molecule has 182 valence electrons. The number of unbranched alkanes of at least 4 members (excludes halogenated alkanes) is 3. The number of amides is 1. The van der Waals surface area contributed by atoms with Crippen molar-refractivity contribution in [3.8, 4) is 5.75 Å². The van der Waals surface area contributed by atoms with E-state index in [1.807, 2.05) is 6.07 Å². The number of imidazole rings is 1. The lowest BCUT2D eigenvalue weighted by Gasteiger charge is -2.12. The third-order valence-corrected chi connectivity index (χ3v) is 6.40. The van der Waals surface area contributed by atoms with Gasteiger partial charge in [-0.25, -0.2) is 4.98 Å². The van der Waals surface area contributed by atoms with Gasteiger partial charge in [0.25, 0.3) is 0 Å². The maximum atomic E-state index is 11.2. The molecule has 0 bridgehead atoms. The fraction of sp³-hybridized carbons (Fsp3) is 0.448. The Balaban J connectivity index is 1.46. The van der Waals surface area contributed by atoms with Crippen LogP contribution in [0.15, 0.2) is 61.2 Å². The van der Waals surface area contributed by atoms with E-state index < -0.39 is 0 Å². The number of ether oxygens (including phenoxy) is 1.